The first-order valence-electron chi connectivity index (χ1n) is 6.20. The number of aliphatic hydroxyl groups is 1. The summed E-state index contributed by atoms with van der Waals surface area (Å²) in [5.74, 6) is 0.268. The normalized spacial score (nSPS) is 27.9. The minimum atomic E-state index is -0.633. The molecule has 0 fully saturated rings. The summed E-state index contributed by atoms with van der Waals surface area (Å²) in [5.41, 5.74) is 2.02. The molecule has 88 valence electrons. The van der Waals surface area contributed by atoms with E-state index in [1.807, 2.05) is 6.07 Å². The number of hydrogen-bond acceptors (Lipinski definition) is 1. The molecule has 1 aromatic rings. The van der Waals surface area contributed by atoms with Crippen LogP contribution in [-0.2, 0) is 11.0 Å². The molecule has 16 heavy (non-hydrogen) atoms. The maximum absolute atomic E-state index is 10.8. The molecule has 1 heteroatoms. The highest BCUT2D eigenvalue weighted by Crippen LogP contribution is 2.47. The lowest BCUT2D eigenvalue weighted by atomic mass is 9.64. The smallest absolute Gasteiger partial charge is 0.0922 e. The Hall–Kier alpha value is -0.820. The zero-order valence-corrected chi connectivity index (χ0v) is 10.7. The van der Waals surface area contributed by atoms with Crippen LogP contribution in [0.4, 0.5) is 0 Å². The van der Waals surface area contributed by atoms with Gasteiger partial charge in [-0.05, 0) is 35.3 Å². The molecule has 1 aromatic carbocycles. The summed E-state index contributed by atoms with van der Waals surface area (Å²) in [6.07, 6.45) is 1.92. The molecule has 1 aliphatic carbocycles. The molecule has 0 radical (unpaired) electrons. The third kappa shape index (κ3) is 1.58. The van der Waals surface area contributed by atoms with Crippen molar-refractivity contribution in [3.8, 4) is 0 Å². The van der Waals surface area contributed by atoms with E-state index in [9.17, 15) is 5.11 Å². The molecule has 1 unspecified atom stereocenters. The number of fused-ring (bicyclic) bond motifs is 1. The monoisotopic (exact) mass is 218 g/mol. The summed E-state index contributed by atoms with van der Waals surface area (Å²) >= 11 is 0. The van der Waals surface area contributed by atoms with Crippen molar-refractivity contribution in [2.45, 2.75) is 51.6 Å². The molecule has 0 spiro atoms. The van der Waals surface area contributed by atoms with Crippen LogP contribution in [0.2, 0.25) is 0 Å². The molecule has 0 saturated carbocycles. The highest BCUT2D eigenvalue weighted by atomic mass is 16.3. The van der Waals surface area contributed by atoms with Crippen molar-refractivity contribution in [2.24, 2.45) is 5.92 Å². The van der Waals surface area contributed by atoms with E-state index in [1.165, 1.54) is 5.56 Å². The van der Waals surface area contributed by atoms with Gasteiger partial charge in [0.1, 0.15) is 0 Å². The van der Waals surface area contributed by atoms with Crippen LogP contribution in [0.5, 0.6) is 0 Å². The molecular weight excluding hydrogens is 196 g/mol. The van der Waals surface area contributed by atoms with E-state index in [0.717, 1.165) is 18.4 Å². The Balaban J connectivity index is 2.60. The van der Waals surface area contributed by atoms with Gasteiger partial charge in [-0.25, -0.2) is 0 Å². The minimum absolute atomic E-state index is 0.192. The minimum Gasteiger partial charge on any atom is -0.385 e. The molecule has 1 N–H and O–H groups in total. The van der Waals surface area contributed by atoms with Gasteiger partial charge in [-0.1, -0.05) is 52.0 Å². The number of rotatable bonds is 1. The summed E-state index contributed by atoms with van der Waals surface area (Å²) in [4.78, 5) is 0. The third-order valence-corrected chi connectivity index (χ3v) is 4.21. The molecule has 1 nitrogen and oxygen atoms in total. The van der Waals surface area contributed by atoms with Crippen LogP contribution in [0.25, 0.3) is 0 Å². The van der Waals surface area contributed by atoms with Crippen LogP contribution in [0.1, 0.15) is 51.7 Å². The van der Waals surface area contributed by atoms with Gasteiger partial charge < -0.3 is 5.11 Å². The molecular formula is C15H22O. The molecule has 1 atom stereocenters. The summed E-state index contributed by atoms with van der Waals surface area (Å²) in [6.45, 7) is 8.75. The molecule has 0 aliphatic heterocycles. The Kier molecular flexibility index (Phi) is 2.62. The quantitative estimate of drug-likeness (QED) is 0.763. The first kappa shape index (κ1) is 11.7. The van der Waals surface area contributed by atoms with E-state index in [1.54, 1.807) is 0 Å². The summed E-state index contributed by atoms with van der Waals surface area (Å²) in [6, 6.07) is 8.37. The molecule has 0 heterocycles. The van der Waals surface area contributed by atoms with Crippen LogP contribution >= 0.6 is 0 Å². The van der Waals surface area contributed by atoms with Gasteiger partial charge in [0.05, 0.1) is 5.60 Å². The molecule has 0 aromatic heterocycles. The summed E-state index contributed by atoms with van der Waals surface area (Å²) < 4.78 is 0. The van der Waals surface area contributed by atoms with Crippen LogP contribution in [0, 0.1) is 5.92 Å². The van der Waals surface area contributed by atoms with Crippen molar-refractivity contribution >= 4 is 0 Å². The second kappa shape index (κ2) is 3.59. The molecule has 0 amide bonds. The van der Waals surface area contributed by atoms with Crippen molar-refractivity contribution in [3.05, 3.63) is 35.4 Å². The van der Waals surface area contributed by atoms with E-state index < -0.39 is 5.60 Å². The molecule has 2 rings (SSSR count). The predicted molar refractivity (Wildman–Crippen MR) is 67.4 cm³/mol. The van der Waals surface area contributed by atoms with Crippen molar-refractivity contribution in [3.63, 3.8) is 0 Å². The molecule has 0 saturated heterocycles. The molecule has 1 aliphatic rings. The van der Waals surface area contributed by atoms with Crippen LogP contribution in [0.3, 0.4) is 0 Å². The first-order chi connectivity index (χ1) is 7.38. The van der Waals surface area contributed by atoms with Crippen LogP contribution in [-0.4, -0.2) is 5.11 Å². The summed E-state index contributed by atoms with van der Waals surface area (Å²) in [5, 5.41) is 10.8. The van der Waals surface area contributed by atoms with Gasteiger partial charge in [-0.3, -0.25) is 0 Å². The van der Waals surface area contributed by atoms with E-state index in [-0.39, 0.29) is 11.3 Å². The Bertz CT molecular complexity index is 392. The fourth-order valence-electron chi connectivity index (χ4n) is 2.82. The van der Waals surface area contributed by atoms with Crippen molar-refractivity contribution in [2.75, 3.05) is 0 Å². The van der Waals surface area contributed by atoms with Gasteiger partial charge in [-0.2, -0.15) is 0 Å². The Morgan fingerprint density at radius 1 is 1.06 bits per heavy atom. The van der Waals surface area contributed by atoms with Crippen molar-refractivity contribution < 1.29 is 5.11 Å². The van der Waals surface area contributed by atoms with Gasteiger partial charge >= 0.3 is 0 Å². The average molecular weight is 218 g/mol. The number of benzene rings is 1. The lowest BCUT2D eigenvalue weighted by Gasteiger charge is -2.44. The zero-order valence-electron chi connectivity index (χ0n) is 10.7. The second-order valence-corrected chi connectivity index (χ2v) is 6.01. The SMILES string of the molecule is CC(C)C1(O)CCC(C)(C)c2ccccc21. The first-order valence-corrected chi connectivity index (χ1v) is 6.20. The van der Waals surface area contributed by atoms with Gasteiger partial charge in [0, 0.05) is 0 Å². The van der Waals surface area contributed by atoms with E-state index in [2.05, 4.69) is 45.9 Å². The Labute approximate surface area is 98.5 Å². The standard InChI is InChI=1S/C15H22O/c1-11(2)15(16)10-9-14(3,4)12-7-5-6-8-13(12)15/h5-8,11,16H,9-10H2,1-4H3. The largest absolute Gasteiger partial charge is 0.385 e. The second-order valence-electron chi connectivity index (χ2n) is 6.01. The third-order valence-electron chi connectivity index (χ3n) is 4.21. The van der Waals surface area contributed by atoms with Gasteiger partial charge in [-0.15, -0.1) is 0 Å². The Morgan fingerprint density at radius 2 is 1.62 bits per heavy atom. The number of hydrogen-bond donors (Lipinski definition) is 1. The van der Waals surface area contributed by atoms with Gasteiger partial charge in [0.15, 0.2) is 0 Å². The van der Waals surface area contributed by atoms with Crippen molar-refractivity contribution in [1.29, 1.82) is 0 Å². The maximum atomic E-state index is 10.8. The lowest BCUT2D eigenvalue weighted by molar-refractivity contribution is -0.0341. The zero-order chi connectivity index (χ0) is 12.0. The summed E-state index contributed by atoms with van der Waals surface area (Å²) in [7, 11) is 0. The highest BCUT2D eigenvalue weighted by Gasteiger charge is 2.42. The maximum Gasteiger partial charge on any atom is 0.0922 e. The fraction of sp³-hybridized carbons (Fsp3) is 0.600. The predicted octanol–water partition coefficient (Wildman–Crippen LogP) is 3.60. The van der Waals surface area contributed by atoms with Crippen LogP contribution in [0.15, 0.2) is 24.3 Å². The topological polar surface area (TPSA) is 20.2 Å². The Morgan fingerprint density at radius 3 is 2.19 bits per heavy atom. The van der Waals surface area contributed by atoms with Crippen LogP contribution < -0.4 is 0 Å². The van der Waals surface area contributed by atoms with Gasteiger partial charge in [0.25, 0.3) is 0 Å². The van der Waals surface area contributed by atoms with Crippen molar-refractivity contribution in [1.82, 2.24) is 0 Å². The fourth-order valence-corrected chi connectivity index (χ4v) is 2.82. The average Bonchev–Trinajstić information content (AvgIpc) is 2.24. The van der Waals surface area contributed by atoms with E-state index in [4.69, 9.17) is 0 Å². The van der Waals surface area contributed by atoms with E-state index in [0.29, 0.717) is 0 Å². The lowest BCUT2D eigenvalue weighted by Crippen LogP contribution is -2.41. The van der Waals surface area contributed by atoms with Gasteiger partial charge in [0.2, 0.25) is 0 Å². The van der Waals surface area contributed by atoms with E-state index >= 15 is 0 Å². The molecule has 0 bridgehead atoms. The highest BCUT2D eigenvalue weighted by molar-refractivity contribution is 5.40.